The zero-order valence-corrected chi connectivity index (χ0v) is 13.2. The maximum absolute atomic E-state index is 12.7. The predicted octanol–water partition coefficient (Wildman–Crippen LogP) is 1.29. The smallest absolute Gasteiger partial charge is 0.282 e. The minimum Gasteiger partial charge on any atom is -0.375 e. The monoisotopic (exact) mass is 310 g/mol. The van der Waals surface area contributed by atoms with Crippen LogP contribution >= 0.6 is 11.6 Å². The van der Waals surface area contributed by atoms with Gasteiger partial charge in [-0.15, -0.1) is 11.6 Å². The van der Waals surface area contributed by atoms with Crippen LogP contribution in [-0.4, -0.2) is 61.3 Å². The second kappa shape index (κ2) is 6.26. The molecule has 2 fully saturated rings. The number of morpholine rings is 1. The fourth-order valence-corrected chi connectivity index (χ4v) is 4.83. The summed E-state index contributed by atoms with van der Waals surface area (Å²) in [6.45, 7) is 5.89. The molecule has 2 unspecified atom stereocenters. The van der Waals surface area contributed by atoms with Crippen molar-refractivity contribution in [2.75, 3.05) is 32.1 Å². The highest BCUT2D eigenvalue weighted by Gasteiger charge is 2.38. The van der Waals surface area contributed by atoms with Crippen molar-refractivity contribution in [2.24, 2.45) is 5.92 Å². The van der Waals surface area contributed by atoms with E-state index in [-0.39, 0.29) is 12.1 Å². The number of nitrogens with zero attached hydrogens (tertiary/aromatic N) is 2. The van der Waals surface area contributed by atoms with Gasteiger partial charge in [-0.3, -0.25) is 0 Å². The van der Waals surface area contributed by atoms with Gasteiger partial charge < -0.3 is 4.74 Å². The summed E-state index contributed by atoms with van der Waals surface area (Å²) in [5.74, 6) is 1.08. The molecule has 0 aromatic carbocycles. The molecular weight excluding hydrogens is 288 g/mol. The third kappa shape index (κ3) is 3.42. The maximum atomic E-state index is 12.7. The van der Waals surface area contributed by atoms with E-state index in [1.807, 2.05) is 13.8 Å². The van der Waals surface area contributed by atoms with Crippen LogP contribution in [0.4, 0.5) is 0 Å². The highest BCUT2D eigenvalue weighted by atomic mass is 35.5. The van der Waals surface area contributed by atoms with E-state index in [0.717, 1.165) is 12.8 Å². The Kier molecular flexibility index (Phi) is 5.11. The molecular formula is C12H23ClN2O3S. The first-order valence-electron chi connectivity index (χ1n) is 6.89. The zero-order valence-electron chi connectivity index (χ0n) is 11.6. The highest BCUT2D eigenvalue weighted by Crippen LogP contribution is 2.25. The van der Waals surface area contributed by atoms with E-state index < -0.39 is 10.2 Å². The summed E-state index contributed by atoms with van der Waals surface area (Å²) in [4.78, 5) is 0. The number of alkyl halides is 1. The van der Waals surface area contributed by atoms with Crippen molar-refractivity contribution < 1.29 is 13.2 Å². The van der Waals surface area contributed by atoms with Crippen molar-refractivity contribution in [3.8, 4) is 0 Å². The predicted molar refractivity (Wildman–Crippen MR) is 75.5 cm³/mol. The molecule has 7 heteroatoms. The molecule has 2 rings (SSSR count). The van der Waals surface area contributed by atoms with Crippen LogP contribution in [0.1, 0.15) is 26.7 Å². The second-order valence-electron chi connectivity index (χ2n) is 5.57. The van der Waals surface area contributed by atoms with E-state index in [2.05, 4.69) is 0 Å². The van der Waals surface area contributed by atoms with Crippen molar-refractivity contribution >= 4 is 21.8 Å². The third-order valence-corrected chi connectivity index (χ3v) is 6.52. The zero-order chi connectivity index (χ0) is 14.0. The number of rotatable bonds is 3. The number of hydrogen-bond acceptors (Lipinski definition) is 3. The molecule has 2 atom stereocenters. The van der Waals surface area contributed by atoms with Crippen LogP contribution in [0.3, 0.4) is 0 Å². The number of ether oxygens (including phenoxy) is 1. The molecule has 0 aromatic heterocycles. The van der Waals surface area contributed by atoms with Crippen molar-refractivity contribution in [1.82, 2.24) is 8.61 Å². The Morgan fingerprint density at radius 2 is 1.89 bits per heavy atom. The Morgan fingerprint density at radius 1 is 1.26 bits per heavy atom. The summed E-state index contributed by atoms with van der Waals surface area (Å²) in [6, 6.07) is -0.0908. The molecule has 2 aliphatic rings. The first kappa shape index (κ1) is 15.5. The molecule has 0 N–H and O–H groups in total. The summed E-state index contributed by atoms with van der Waals surface area (Å²) >= 11 is 5.84. The lowest BCUT2D eigenvalue weighted by Gasteiger charge is -2.40. The quantitative estimate of drug-likeness (QED) is 0.738. The van der Waals surface area contributed by atoms with E-state index in [1.165, 1.54) is 0 Å². The summed E-state index contributed by atoms with van der Waals surface area (Å²) in [5, 5.41) is 0. The molecule has 0 saturated carbocycles. The molecule has 112 valence electrons. The van der Waals surface area contributed by atoms with Gasteiger partial charge in [-0.25, -0.2) is 0 Å². The van der Waals surface area contributed by atoms with Gasteiger partial charge in [0, 0.05) is 31.6 Å². The normalized spacial score (nSPS) is 32.6. The van der Waals surface area contributed by atoms with Crippen LogP contribution < -0.4 is 0 Å². The van der Waals surface area contributed by atoms with Crippen molar-refractivity contribution in [3.63, 3.8) is 0 Å². The molecule has 0 amide bonds. The van der Waals surface area contributed by atoms with E-state index in [4.69, 9.17) is 16.3 Å². The number of piperidine rings is 1. The molecule has 2 saturated heterocycles. The molecule has 0 bridgehead atoms. The third-order valence-electron chi connectivity index (χ3n) is 3.96. The number of hydrogen-bond donors (Lipinski definition) is 0. The first-order chi connectivity index (χ1) is 8.95. The van der Waals surface area contributed by atoms with Crippen molar-refractivity contribution in [2.45, 2.75) is 38.8 Å². The van der Waals surface area contributed by atoms with Gasteiger partial charge in [0.1, 0.15) is 0 Å². The standard InChI is InChI=1S/C12H23ClN2O3S/c1-10-9-18-11(2)8-15(10)19(16,17)14-5-3-12(7-13)4-6-14/h10-12H,3-9H2,1-2H3. The maximum Gasteiger partial charge on any atom is 0.282 e. The van der Waals surface area contributed by atoms with Crippen LogP contribution in [0.5, 0.6) is 0 Å². The fourth-order valence-electron chi connectivity index (χ4n) is 2.64. The molecule has 0 radical (unpaired) electrons. The highest BCUT2D eigenvalue weighted by molar-refractivity contribution is 7.86. The van der Waals surface area contributed by atoms with Gasteiger partial charge in [-0.2, -0.15) is 17.0 Å². The average Bonchev–Trinajstić information content (AvgIpc) is 2.41. The molecule has 0 aliphatic carbocycles. The molecule has 0 spiro atoms. The van der Waals surface area contributed by atoms with Crippen LogP contribution in [-0.2, 0) is 14.9 Å². The van der Waals surface area contributed by atoms with E-state index in [1.54, 1.807) is 8.61 Å². The Labute approximate surface area is 121 Å². The van der Waals surface area contributed by atoms with Gasteiger partial charge in [-0.05, 0) is 32.6 Å². The molecule has 0 aromatic rings. The topological polar surface area (TPSA) is 49.9 Å². The Hall–Kier alpha value is 0.120. The van der Waals surface area contributed by atoms with Crippen molar-refractivity contribution in [3.05, 3.63) is 0 Å². The molecule has 2 heterocycles. The van der Waals surface area contributed by atoms with Crippen LogP contribution in [0, 0.1) is 5.92 Å². The number of halogens is 1. The van der Waals surface area contributed by atoms with Gasteiger partial charge in [0.2, 0.25) is 0 Å². The Bertz CT molecular complexity index is 396. The van der Waals surface area contributed by atoms with Gasteiger partial charge in [0.05, 0.1) is 12.7 Å². The van der Waals surface area contributed by atoms with Gasteiger partial charge in [0.25, 0.3) is 10.2 Å². The van der Waals surface area contributed by atoms with E-state index >= 15 is 0 Å². The lowest BCUT2D eigenvalue weighted by molar-refractivity contribution is -0.0193. The van der Waals surface area contributed by atoms with Gasteiger partial charge >= 0.3 is 0 Å². The summed E-state index contributed by atoms with van der Waals surface area (Å²) in [6.07, 6.45) is 1.68. The van der Waals surface area contributed by atoms with Crippen LogP contribution in [0.2, 0.25) is 0 Å². The van der Waals surface area contributed by atoms with Crippen LogP contribution in [0.25, 0.3) is 0 Å². The van der Waals surface area contributed by atoms with Gasteiger partial charge in [0.15, 0.2) is 0 Å². The largest absolute Gasteiger partial charge is 0.375 e. The first-order valence-corrected chi connectivity index (χ1v) is 8.82. The fraction of sp³-hybridized carbons (Fsp3) is 1.00. The minimum absolute atomic E-state index is 0.0358. The average molecular weight is 311 g/mol. The summed E-state index contributed by atoms with van der Waals surface area (Å²) in [7, 11) is -3.36. The van der Waals surface area contributed by atoms with Crippen molar-refractivity contribution in [1.29, 1.82) is 0 Å². The molecule has 19 heavy (non-hydrogen) atoms. The van der Waals surface area contributed by atoms with E-state index in [9.17, 15) is 8.42 Å². The van der Waals surface area contributed by atoms with E-state index in [0.29, 0.717) is 38.0 Å². The van der Waals surface area contributed by atoms with Gasteiger partial charge in [-0.1, -0.05) is 0 Å². The SMILES string of the molecule is CC1CN(S(=O)(=O)N2CCC(CCl)CC2)C(C)CO1. The minimum atomic E-state index is -3.36. The lowest BCUT2D eigenvalue weighted by atomic mass is 10.0. The lowest BCUT2D eigenvalue weighted by Crippen LogP contribution is -2.56. The Balaban J connectivity index is 2.05. The molecule has 2 aliphatic heterocycles. The van der Waals surface area contributed by atoms with Crippen LogP contribution in [0.15, 0.2) is 0 Å². The Morgan fingerprint density at radius 3 is 2.47 bits per heavy atom. The second-order valence-corrected chi connectivity index (χ2v) is 7.76. The molecule has 5 nitrogen and oxygen atoms in total. The summed E-state index contributed by atoms with van der Waals surface area (Å²) in [5.41, 5.74) is 0. The summed E-state index contributed by atoms with van der Waals surface area (Å²) < 4.78 is 34.0.